The Labute approximate surface area is 85.0 Å². The van der Waals surface area contributed by atoms with E-state index in [2.05, 4.69) is 41.6 Å². The predicted molar refractivity (Wildman–Crippen MR) is 59.4 cm³/mol. The molecule has 0 spiro atoms. The molecule has 2 rings (SSSR count). The van der Waals surface area contributed by atoms with Crippen LogP contribution in [0.5, 0.6) is 0 Å². The first kappa shape index (κ1) is 9.62. The number of aliphatic imine (C=N–C) groups is 1. The fraction of sp³-hybridized carbons (Fsp3) is 0.545. The molecule has 1 aliphatic carbocycles. The minimum atomic E-state index is 0.126. The molecule has 14 heavy (non-hydrogen) atoms. The molecule has 0 unspecified atom stereocenters. The number of allylic oxidation sites excluding steroid dienone is 4. The van der Waals surface area contributed by atoms with Crippen LogP contribution < -0.4 is 10.6 Å². The zero-order valence-electron chi connectivity index (χ0n) is 8.80. The van der Waals surface area contributed by atoms with Crippen molar-refractivity contribution in [2.24, 2.45) is 4.99 Å². The van der Waals surface area contributed by atoms with Gasteiger partial charge >= 0.3 is 0 Å². The van der Waals surface area contributed by atoms with Crippen molar-refractivity contribution in [2.45, 2.75) is 26.6 Å². The molecule has 0 aromatic heterocycles. The Morgan fingerprint density at radius 3 is 2.57 bits per heavy atom. The molecule has 1 heterocycles. The molecule has 1 fully saturated rings. The Hall–Kier alpha value is -0.930. The van der Waals surface area contributed by atoms with Crippen molar-refractivity contribution in [1.29, 1.82) is 0 Å². The molecule has 2 aliphatic rings. The fourth-order valence-electron chi connectivity index (χ4n) is 1.67. The van der Waals surface area contributed by atoms with Crippen LogP contribution >= 0.6 is 0 Å². The molecule has 3 heteroatoms. The molecule has 76 valence electrons. The highest BCUT2D eigenvalue weighted by molar-refractivity contribution is 5.98. The molecule has 0 aromatic carbocycles. The van der Waals surface area contributed by atoms with E-state index in [-0.39, 0.29) is 6.29 Å². The van der Waals surface area contributed by atoms with E-state index in [9.17, 15) is 0 Å². The highest BCUT2D eigenvalue weighted by Gasteiger charge is 2.12. The lowest BCUT2D eigenvalue weighted by molar-refractivity contribution is 0.580. The van der Waals surface area contributed by atoms with Crippen LogP contribution in [0.25, 0.3) is 0 Å². The third kappa shape index (κ3) is 2.11. The summed E-state index contributed by atoms with van der Waals surface area (Å²) in [6.45, 7) is 6.34. The Balaban J connectivity index is 2.04. The van der Waals surface area contributed by atoms with Crippen LogP contribution in [-0.2, 0) is 0 Å². The molecular formula is C11H17N3. The molecule has 0 radical (unpaired) electrons. The third-order valence-electron chi connectivity index (χ3n) is 2.74. The highest BCUT2D eigenvalue weighted by Crippen LogP contribution is 2.16. The second-order valence-corrected chi connectivity index (χ2v) is 3.90. The number of rotatable bonds is 1. The van der Waals surface area contributed by atoms with Gasteiger partial charge in [0.05, 0.1) is 0 Å². The monoisotopic (exact) mass is 191 g/mol. The zero-order valence-corrected chi connectivity index (χ0v) is 8.80. The minimum absolute atomic E-state index is 0.126. The van der Waals surface area contributed by atoms with Gasteiger partial charge in [0.1, 0.15) is 0 Å². The van der Waals surface area contributed by atoms with E-state index in [1.54, 1.807) is 0 Å². The summed E-state index contributed by atoms with van der Waals surface area (Å²) in [5.74, 6) is 0. The average molecular weight is 191 g/mol. The zero-order chi connectivity index (χ0) is 9.97. The summed E-state index contributed by atoms with van der Waals surface area (Å²) in [5, 5.41) is 6.56. The first-order chi connectivity index (χ1) is 6.75. The Kier molecular flexibility index (Phi) is 2.79. The van der Waals surface area contributed by atoms with Crippen LogP contribution in [-0.4, -0.2) is 25.1 Å². The van der Waals surface area contributed by atoms with Gasteiger partial charge in [0.15, 0.2) is 6.29 Å². The molecule has 1 saturated heterocycles. The number of nitrogens with zero attached hydrogens (tertiary/aromatic N) is 1. The van der Waals surface area contributed by atoms with Gasteiger partial charge in [-0.05, 0) is 19.9 Å². The molecule has 1 aliphatic heterocycles. The summed E-state index contributed by atoms with van der Waals surface area (Å²) >= 11 is 0. The highest BCUT2D eigenvalue weighted by atomic mass is 15.3. The maximum atomic E-state index is 4.59. The Bertz CT molecular complexity index is 306. The van der Waals surface area contributed by atoms with Gasteiger partial charge in [-0.1, -0.05) is 17.2 Å². The minimum Gasteiger partial charge on any atom is -0.282 e. The van der Waals surface area contributed by atoms with Crippen LogP contribution in [0.3, 0.4) is 0 Å². The van der Waals surface area contributed by atoms with Gasteiger partial charge in [-0.2, -0.15) is 0 Å². The van der Waals surface area contributed by atoms with Gasteiger partial charge in [0.2, 0.25) is 0 Å². The lowest BCUT2D eigenvalue weighted by Gasteiger charge is -2.13. The SMILES string of the molecule is CC1=C(C)C/C(=N\C2NCCN2)C=C1. The van der Waals surface area contributed by atoms with E-state index in [0.717, 1.165) is 19.5 Å². The molecule has 0 atom stereocenters. The van der Waals surface area contributed by atoms with Crippen LogP contribution in [0.1, 0.15) is 20.3 Å². The smallest absolute Gasteiger partial charge is 0.153 e. The van der Waals surface area contributed by atoms with Crippen molar-refractivity contribution in [3.63, 3.8) is 0 Å². The average Bonchev–Trinajstić information content (AvgIpc) is 2.64. The van der Waals surface area contributed by atoms with Gasteiger partial charge in [0, 0.05) is 25.2 Å². The van der Waals surface area contributed by atoms with Crippen molar-refractivity contribution >= 4 is 5.71 Å². The van der Waals surface area contributed by atoms with E-state index in [0.29, 0.717) is 0 Å². The largest absolute Gasteiger partial charge is 0.282 e. The summed E-state index contributed by atoms with van der Waals surface area (Å²) in [7, 11) is 0. The van der Waals surface area contributed by atoms with Crippen molar-refractivity contribution in [3.05, 3.63) is 23.3 Å². The number of hydrogen-bond acceptors (Lipinski definition) is 3. The van der Waals surface area contributed by atoms with E-state index in [1.807, 2.05) is 0 Å². The molecule has 3 nitrogen and oxygen atoms in total. The molecule has 0 saturated carbocycles. The molecule has 0 bridgehead atoms. The normalized spacial score (nSPS) is 26.6. The molecule has 0 aromatic rings. The molecule has 0 amide bonds. The van der Waals surface area contributed by atoms with Gasteiger partial charge < -0.3 is 0 Å². The topological polar surface area (TPSA) is 36.4 Å². The third-order valence-corrected chi connectivity index (χ3v) is 2.74. The van der Waals surface area contributed by atoms with Crippen LogP contribution in [0.15, 0.2) is 28.3 Å². The second-order valence-electron chi connectivity index (χ2n) is 3.90. The number of hydrogen-bond donors (Lipinski definition) is 2. The molecule has 2 N–H and O–H groups in total. The first-order valence-electron chi connectivity index (χ1n) is 5.13. The van der Waals surface area contributed by atoms with Crippen LogP contribution in [0.2, 0.25) is 0 Å². The summed E-state index contributed by atoms with van der Waals surface area (Å²) in [6, 6.07) is 0. The quantitative estimate of drug-likeness (QED) is 0.653. The van der Waals surface area contributed by atoms with Gasteiger partial charge in [0.25, 0.3) is 0 Å². The van der Waals surface area contributed by atoms with E-state index in [1.165, 1.54) is 16.9 Å². The Morgan fingerprint density at radius 2 is 1.93 bits per heavy atom. The van der Waals surface area contributed by atoms with Gasteiger partial charge in [-0.15, -0.1) is 0 Å². The van der Waals surface area contributed by atoms with Gasteiger partial charge in [-0.3, -0.25) is 15.6 Å². The van der Waals surface area contributed by atoms with Crippen molar-refractivity contribution in [1.82, 2.24) is 10.6 Å². The fourth-order valence-corrected chi connectivity index (χ4v) is 1.67. The van der Waals surface area contributed by atoms with Crippen LogP contribution in [0.4, 0.5) is 0 Å². The summed E-state index contributed by atoms with van der Waals surface area (Å²) < 4.78 is 0. The second kappa shape index (κ2) is 4.07. The summed E-state index contributed by atoms with van der Waals surface area (Å²) in [4.78, 5) is 4.59. The lowest BCUT2D eigenvalue weighted by atomic mass is 9.99. The lowest BCUT2D eigenvalue weighted by Crippen LogP contribution is -2.29. The van der Waals surface area contributed by atoms with Gasteiger partial charge in [-0.25, -0.2) is 0 Å². The number of nitrogens with one attached hydrogen (secondary N) is 2. The van der Waals surface area contributed by atoms with E-state index < -0.39 is 0 Å². The Morgan fingerprint density at radius 1 is 1.21 bits per heavy atom. The summed E-state index contributed by atoms with van der Waals surface area (Å²) in [5.41, 5.74) is 3.96. The van der Waals surface area contributed by atoms with Crippen molar-refractivity contribution in [3.8, 4) is 0 Å². The maximum absolute atomic E-state index is 4.59. The molecular weight excluding hydrogens is 174 g/mol. The standard InChI is InChI=1S/C11H17N3/c1-8-3-4-10(7-9(8)2)14-11-12-5-6-13-11/h3-4,11-13H,5-7H2,1-2H3/b14-10-. The van der Waals surface area contributed by atoms with E-state index in [4.69, 9.17) is 0 Å². The van der Waals surface area contributed by atoms with Crippen molar-refractivity contribution < 1.29 is 0 Å². The summed E-state index contributed by atoms with van der Waals surface area (Å²) in [6.07, 6.45) is 5.37. The van der Waals surface area contributed by atoms with Crippen LogP contribution in [0, 0.1) is 0 Å². The predicted octanol–water partition coefficient (Wildman–Crippen LogP) is 1.20. The maximum Gasteiger partial charge on any atom is 0.153 e. The van der Waals surface area contributed by atoms with E-state index >= 15 is 0 Å². The first-order valence-corrected chi connectivity index (χ1v) is 5.13. The van der Waals surface area contributed by atoms with Crippen molar-refractivity contribution in [2.75, 3.05) is 13.1 Å².